The van der Waals surface area contributed by atoms with Crippen LogP contribution >= 0.6 is 0 Å². The second-order valence-corrected chi connectivity index (χ2v) is 10.8. The molecule has 7 unspecified atom stereocenters. The molecule has 0 spiro atoms. The first kappa shape index (κ1) is 16.5. The van der Waals surface area contributed by atoms with Crippen LogP contribution in [0.5, 0.6) is 0 Å². The average Bonchev–Trinajstić information content (AvgIpc) is 2.53. The fourth-order valence-corrected chi connectivity index (χ4v) is 8.75. The van der Waals surface area contributed by atoms with E-state index in [4.69, 9.17) is 0 Å². The Morgan fingerprint density at radius 2 is 1.65 bits per heavy atom. The Bertz CT molecular complexity index is 453. The average molecular weight is 317 g/mol. The largest absolute Gasteiger partial charge is 0.0648 e. The minimum atomic E-state index is 0.656. The molecule has 0 radical (unpaired) electrons. The summed E-state index contributed by atoms with van der Waals surface area (Å²) in [7, 11) is 0. The first-order valence-electron chi connectivity index (χ1n) is 10.9. The van der Waals surface area contributed by atoms with E-state index < -0.39 is 0 Å². The van der Waals surface area contributed by atoms with Crippen molar-refractivity contribution < 1.29 is 0 Å². The van der Waals surface area contributed by atoms with Crippen LogP contribution < -0.4 is 0 Å². The van der Waals surface area contributed by atoms with Crippen LogP contribution in [0.3, 0.4) is 0 Å². The Morgan fingerprint density at radius 1 is 0.826 bits per heavy atom. The van der Waals surface area contributed by atoms with Crippen molar-refractivity contribution in [2.75, 3.05) is 0 Å². The quantitative estimate of drug-likeness (QED) is 0.479. The van der Waals surface area contributed by atoms with Gasteiger partial charge in [-0.25, -0.2) is 0 Å². The summed E-state index contributed by atoms with van der Waals surface area (Å²) in [5.74, 6) is 4.19. The van der Waals surface area contributed by atoms with Crippen molar-refractivity contribution in [1.82, 2.24) is 0 Å². The van der Waals surface area contributed by atoms with Crippen molar-refractivity contribution in [2.24, 2.45) is 39.9 Å². The van der Waals surface area contributed by atoms with Gasteiger partial charge in [0.05, 0.1) is 0 Å². The minimum Gasteiger partial charge on any atom is -0.0648 e. The SMILES string of the molecule is CCC12CCC(C)CC1(C)CCC1C3CCCCC3(C)CCC12. The molecule has 4 saturated carbocycles. The van der Waals surface area contributed by atoms with Crippen LogP contribution in [0.4, 0.5) is 0 Å². The van der Waals surface area contributed by atoms with Crippen molar-refractivity contribution >= 4 is 0 Å². The zero-order valence-corrected chi connectivity index (χ0v) is 16.3. The minimum absolute atomic E-state index is 0.656. The molecule has 7 atom stereocenters. The van der Waals surface area contributed by atoms with Gasteiger partial charge in [0.2, 0.25) is 0 Å². The molecule has 0 aromatic carbocycles. The lowest BCUT2D eigenvalue weighted by Gasteiger charge is -2.67. The maximum absolute atomic E-state index is 2.71. The van der Waals surface area contributed by atoms with Gasteiger partial charge in [-0.3, -0.25) is 0 Å². The maximum atomic E-state index is 2.71. The molecule has 0 N–H and O–H groups in total. The summed E-state index contributed by atoms with van der Waals surface area (Å²) in [5, 5.41) is 0. The molecule has 0 heteroatoms. The van der Waals surface area contributed by atoms with E-state index in [9.17, 15) is 0 Å². The molecule has 0 nitrogen and oxygen atoms in total. The Kier molecular flexibility index (Phi) is 3.94. The fraction of sp³-hybridized carbons (Fsp3) is 1.00. The van der Waals surface area contributed by atoms with Crippen molar-refractivity contribution in [3.05, 3.63) is 0 Å². The molecule has 4 fully saturated rings. The normalized spacial score (nSPS) is 56.3. The molecule has 4 aliphatic rings. The standard InChI is InChI=1S/C23H40/c1-5-23-15-9-17(2)16-22(23,4)14-10-18-19-8-6-7-12-21(19,3)13-11-20(18)23/h17-20H,5-16H2,1-4H3. The van der Waals surface area contributed by atoms with Crippen LogP contribution in [-0.4, -0.2) is 0 Å². The first-order valence-corrected chi connectivity index (χ1v) is 10.9. The highest BCUT2D eigenvalue weighted by molar-refractivity contribution is 5.11. The fourth-order valence-electron chi connectivity index (χ4n) is 8.75. The Labute approximate surface area is 145 Å². The van der Waals surface area contributed by atoms with Gasteiger partial charge in [0, 0.05) is 0 Å². The predicted molar refractivity (Wildman–Crippen MR) is 99.4 cm³/mol. The Hall–Kier alpha value is 0. The van der Waals surface area contributed by atoms with E-state index in [1.54, 1.807) is 38.5 Å². The molecule has 0 saturated heterocycles. The lowest BCUT2D eigenvalue weighted by Crippen LogP contribution is -2.59. The van der Waals surface area contributed by atoms with E-state index in [1.165, 1.54) is 38.5 Å². The van der Waals surface area contributed by atoms with Gasteiger partial charge >= 0.3 is 0 Å². The van der Waals surface area contributed by atoms with Crippen LogP contribution in [-0.2, 0) is 0 Å². The zero-order chi connectivity index (χ0) is 16.3. The molecule has 0 aromatic heterocycles. The van der Waals surface area contributed by atoms with Gasteiger partial charge in [-0.05, 0) is 97.7 Å². The molecular formula is C23H40. The van der Waals surface area contributed by atoms with Crippen molar-refractivity contribution in [1.29, 1.82) is 0 Å². The van der Waals surface area contributed by atoms with Crippen LogP contribution in [0.2, 0.25) is 0 Å². The van der Waals surface area contributed by atoms with Crippen molar-refractivity contribution in [3.63, 3.8) is 0 Å². The summed E-state index contributed by atoms with van der Waals surface area (Å²) in [6, 6.07) is 0. The molecule has 0 amide bonds. The van der Waals surface area contributed by atoms with E-state index in [0.717, 1.165) is 23.7 Å². The smallest absolute Gasteiger partial charge is 0.0215 e. The molecule has 4 aliphatic carbocycles. The summed E-state index contributed by atoms with van der Waals surface area (Å²) < 4.78 is 0. The third-order valence-corrected chi connectivity index (χ3v) is 9.92. The van der Waals surface area contributed by atoms with Gasteiger partial charge in [-0.1, -0.05) is 47.0 Å². The third kappa shape index (κ3) is 2.22. The van der Waals surface area contributed by atoms with E-state index in [1.807, 2.05) is 0 Å². The molecule has 0 aliphatic heterocycles. The Morgan fingerprint density at radius 3 is 2.43 bits per heavy atom. The molecule has 4 rings (SSSR count). The molecule has 0 aromatic rings. The highest BCUT2D eigenvalue weighted by atomic mass is 14.7. The van der Waals surface area contributed by atoms with Crippen LogP contribution in [0.15, 0.2) is 0 Å². The zero-order valence-electron chi connectivity index (χ0n) is 16.3. The molecule has 132 valence electrons. The highest BCUT2D eigenvalue weighted by Gasteiger charge is 2.62. The molecular weight excluding hydrogens is 276 g/mol. The van der Waals surface area contributed by atoms with E-state index >= 15 is 0 Å². The van der Waals surface area contributed by atoms with Crippen molar-refractivity contribution in [3.8, 4) is 0 Å². The second-order valence-electron chi connectivity index (χ2n) is 10.8. The topological polar surface area (TPSA) is 0 Å². The summed E-state index contributed by atoms with van der Waals surface area (Å²) in [6.45, 7) is 10.4. The summed E-state index contributed by atoms with van der Waals surface area (Å²) >= 11 is 0. The van der Waals surface area contributed by atoms with E-state index in [-0.39, 0.29) is 0 Å². The maximum Gasteiger partial charge on any atom is -0.0215 e. The van der Waals surface area contributed by atoms with E-state index in [2.05, 4.69) is 27.7 Å². The first-order chi connectivity index (χ1) is 10.9. The van der Waals surface area contributed by atoms with Gasteiger partial charge in [0.25, 0.3) is 0 Å². The highest BCUT2D eigenvalue weighted by Crippen LogP contribution is 2.70. The molecule has 0 bridgehead atoms. The van der Waals surface area contributed by atoms with Crippen molar-refractivity contribution in [2.45, 2.75) is 105 Å². The lowest BCUT2D eigenvalue weighted by atomic mass is 9.38. The summed E-state index contributed by atoms with van der Waals surface area (Å²) in [4.78, 5) is 0. The van der Waals surface area contributed by atoms with Crippen LogP contribution in [0.25, 0.3) is 0 Å². The van der Waals surface area contributed by atoms with Gasteiger partial charge in [-0.15, -0.1) is 0 Å². The van der Waals surface area contributed by atoms with Gasteiger partial charge in [0.1, 0.15) is 0 Å². The second kappa shape index (κ2) is 5.50. The summed E-state index contributed by atoms with van der Waals surface area (Å²) in [5.41, 5.74) is 2.06. The Balaban J connectivity index is 1.69. The number of hydrogen-bond acceptors (Lipinski definition) is 0. The number of hydrogen-bond donors (Lipinski definition) is 0. The monoisotopic (exact) mass is 316 g/mol. The van der Waals surface area contributed by atoms with Crippen LogP contribution in [0, 0.1) is 39.9 Å². The van der Waals surface area contributed by atoms with Gasteiger partial charge < -0.3 is 0 Å². The lowest BCUT2D eigenvalue weighted by molar-refractivity contribution is -0.178. The molecule has 23 heavy (non-hydrogen) atoms. The molecule has 0 heterocycles. The van der Waals surface area contributed by atoms with Gasteiger partial charge in [-0.2, -0.15) is 0 Å². The van der Waals surface area contributed by atoms with Crippen LogP contribution in [0.1, 0.15) is 105 Å². The number of fused-ring (bicyclic) bond motifs is 5. The van der Waals surface area contributed by atoms with Gasteiger partial charge in [0.15, 0.2) is 0 Å². The van der Waals surface area contributed by atoms with E-state index in [0.29, 0.717) is 16.2 Å². The number of rotatable bonds is 1. The predicted octanol–water partition coefficient (Wildman–Crippen LogP) is 7.23. The third-order valence-electron chi connectivity index (χ3n) is 9.92. The summed E-state index contributed by atoms with van der Waals surface area (Å²) in [6.07, 6.45) is 18.4.